The molecule has 0 fully saturated rings. The predicted octanol–water partition coefficient (Wildman–Crippen LogP) is 2.22. The maximum Gasteiger partial charge on any atom is 0.280 e. The molecule has 4 nitrogen and oxygen atoms in total. The number of fused-ring (bicyclic) bond motifs is 1. The van der Waals surface area contributed by atoms with Gasteiger partial charge in [-0.05, 0) is 17.5 Å². The smallest absolute Gasteiger partial charge is 0.195 e. The summed E-state index contributed by atoms with van der Waals surface area (Å²) in [6, 6.07) is 7.78. The Morgan fingerprint density at radius 2 is 1.95 bits per heavy atom. The van der Waals surface area contributed by atoms with E-state index in [2.05, 4.69) is 26.7 Å². The van der Waals surface area contributed by atoms with Gasteiger partial charge in [0.05, 0.1) is 6.04 Å². The van der Waals surface area contributed by atoms with Crippen LogP contribution in [0, 0.1) is 0 Å². The summed E-state index contributed by atoms with van der Waals surface area (Å²) in [5.74, 6) is 0. The number of rotatable bonds is 5. The minimum Gasteiger partial charge on any atom is -0.195 e. The van der Waals surface area contributed by atoms with E-state index in [1.54, 1.807) is 0 Å². The van der Waals surface area contributed by atoms with E-state index in [1.165, 1.54) is 9.87 Å². The predicted molar refractivity (Wildman–Crippen MR) is 80.6 cm³/mol. The fourth-order valence-corrected chi connectivity index (χ4v) is 4.86. The zero-order valence-electron chi connectivity index (χ0n) is 11.1. The molecule has 106 valence electrons. The van der Waals surface area contributed by atoms with Crippen molar-refractivity contribution in [1.29, 1.82) is 0 Å². The van der Waals surface area contributed by atoms with Gasteiger partial charge in [-0.25, -0.2) is 0 Å². The zero-order chi connectivity index (χ0) is 14.0. The highest BCUT2D eigenvalue weighted by Crippen LogP contribution is 2.36. The molecule has 0 aliphatic heterocycles. The van der Waals surface area contributed by atoms with Crippen LogP contribution in [-0.2, 0) is 16.6 Å². The molecule has 1 aromatic rings. The summed E-state index contributed by atoms with van der Waals surface area (Å²) < 4.78 is 28.8. The SMILES string of the molecule is CCN(CC)S(=O)(=O)NC1c2ccccc2CC1Br. The molecule has 1 aliphatic rings. The van der Waals surface area contributed by atoms with E-state index in [0.717, 1.165) is 12.0 Å². The van der Waals surface area contributed by atoms with Crippen LogP contribution in [0.3, 0.4) is 0 Å². The summed E-state index contributed by atoms with van der Waals surface area (Å²) in [6.07, 6.45) is 0.849. The summed E-state index contributed by atoms with van der Waals surface area (Å²) in [7, 11) is -3.43. The van der Waals surface area contributed by atoms with Crippen LogP contribution in [0.1, 0.15) is 31.0 Å². The van der Waals surface area contributed by atoms with E-state index < -0.39 is 10.2 Å². The molecule has 2 rings (SSSR count). The number of halogens is 1. The Balaban J connectivity index is 2.24. The third kappa shape index (κ3) is 3.02. The summed E-state index contributed by atoms with van der Waals surface area (Å²) >= 11 is 3.59. The Labute approximate surface area is 123 Å². The molecule has 2 atom stereocenters. The lowest BCUT2D eigenvalue weighted by Gasteiger charge is -2.24. The van der Waals surface area contributed by atoms with Crippen LogP contribution in [0.15, 0.2) is 24.3 Å². The van der Waals surface area contributed by atoms with E-state index in [4.69, 9.17) is 0 Å². The van der Waals surface area contributed by atoms with Crippen LogP contribution in [0.2, 0.25) is 0 Å². The molecule has 1 aromatic carbocycles. The second-order valence-electron chi connectivity index (χ2n) is 4.60. The minimum absolute atomic E-state index is 0.107. The number of nitrogens with one attached hydrogen (secondary N) is 1. The second kappa shape index (κ2) is 5.91. The summed E-state index contributed by atoms with van der Waals surface area (Å²) in [4.78, 5) is 0.107. The van der Waals surface area contributed by atoms with Crippen molar-refractivity contribution in [3.63, 3.8) is 0 Å². The molecule has 6 heteroatoms. The average Bonchev–Trinajstić information content (AvgIpc) is 2.67. The van der Waals surface area contributed by atoms with E-state index >= 15 is 0 Å². The molecule has 0 amide bonds. The van der Waals surface area contributed by atoms with Gasteiger partial charge < -0.3 is 0 Å². The Hall–Kier alpha value is -0.430. The molecule has 0 saturated carbocycles. The molecule has 1 aliphatic carbocycles. The number of alkyl halides is 1. The highest BCUT2D eigenvalue weighted by molar-refractivity contribution is 9.09. The fourth-order valence-electron chi connectivity index (χ4n) is 2.48. The van der Waals surface area contributed by atoms with Crippen LogP contribution in [0.25, 0.3) is 0 Å². The third-order valence-electron chi connectivity index (χ3n) is 3.49. The molecule has 0 bridgehead atoms. The van der Waals surface area contributed by atoms with Crippen molar-refractivity contribution >= 4 is 26.1 Å². The maximum absolute atomic E-state index is 12.3. The van der Waals surface area contributed by atoms with Crippen LogP contribution >= 0.6 is 15.9 Å². The molecule has 0 aromatic heterocycles. The largest absolute Gasteiger partial charge is 0.280 e. The van der Waals surface area contributed by atoms with Gasteiger partial charge in [0.15, 0.2) is 0 Å². The number of nitrogens with zero attached hydrogens (tertiary/aromatic N) is 1. The Kier molecular flexibility index (Phi) is 4.66. The van der Waals surface area contributed by atoms with E-state index in [9.17, 15) is 8.42 Å². The molecule has 0 saturated heterocycles. The molecule has 19 heavy (non-hydrogen) atoms. The Bertz CT molecular complexity index is 543. The summed E-state index contributed by atoms with van der Waals surface area (Å²) in [5, 5.41) is 0. The van der Waals surface area contributed by atoms with Crippen molar-refractivity contribution in [2.24, 2.45) is 0 Å². The lowest BCUT2D eigenvalue weighted by atomic mass is 10.1. The lowest BCUT2D eigenvalue weighted by molar-refractivity contribution is 0.427. The minimum atomic E-state index is -3.43. The monoisotopic (exact) mass is 346 g/mol. The van der Waals surface area contributed by atoms with Crippen molar-refractivity contribution in [3.05, 3.63) is 35.4 Å². The summed E-state index contributed by atoms with van der Waals surface area (Å²) in [5.41, 5.74) is 2.27. The molecule has 0 radical (unpaired) electrons. The van der Waals surface area contributed by atoms with Gasteiger partial charge in [0, 0.05) is 17.9 Å². The standard InChI is InChI=1S/C13H19BrN2O2S/c1-3-16(4-2)19(17,18)15-13-11-8-6-5-7-10(11)9-12(13)14/h5-8,12-13,15H,3-4,9H2,1-2H3. The first-order chi connectivity index (χ1) is 8.99. The van der Waals surface area contributed by atoms with Crippen LogP contribution < -0.4 is 4.72 Å². The van der Waals surface area contributed by atoms with Crippen molar-refractivity contribution < 1.29 is 8.42 Å². The van der Waals surface area contributed by atoms with Gasteiger partial charge in [0.25, 0.3) is 10.2 Å². The molecule has 2 unspecified atom stereocenters. The molecule has 0 heterocycles. The van der Waals surface area contributed by atoms with Gasteiger partial charge in [-0.3, -0.25) is 0 Å². The van der Waals surface area contributed by atoms with E-state index in [-0.39, 0.29) is 10.9 Å². The topological polar surface area (TPSA) is 49.4 Å². The average molecular weight is 347 g/mol. The fraction of sp³-hybridized carbons (Fsp3) is 0.538. The van der Waals surface area contributed by atoms with E-state index in [1.807, 2.05) is 32.0 Å². The molecular formula is C13H19BrN2O2S. The number of hydrogen-bond acceptors (Lipinski definition) is 2. The van der Waals surface area contributed by atoms with Gasteiger partial charge in [-0.15, -0.1) is 0 Å². The Morgan fingerprint density at radius 1 is 1.32 bits per heavy atom. The zero-order valence-corrected chi connectivity index (χ0v) is 13.5. The van der Waals surface area contributed by atoms with Crippen molar-refractivity contribution in [3.8, 4) is 0 Å². The van der Waals surface area contributed by atoms with Crippen LogP contribution in [-0.4, -0.2) is 30.6 Å². The number of hydrogen-bond donors (Lipinski definition) is 1. The maximum atomic E-state index is 12.3. The first-order valence-corrected chi connectivity index (χ1v) is 8.84. The number of benzene rings is 1. The lowest BCUT2D eigenvalue weighted by Crippen LogP contribution is -2.43. The quantitative estimate of drug-likeness (QED) is 0.831. The molecular weight excluding hydrogens is 328 g/mol. The van der Waals surface area contributed by atoms with Gasteiger partial charge >= 0.3 is 0 Å². The van der Waals surface area contributed by atoms with Crippen molar-refractivity contribution in [1.82, 2.24) is 9.03 Å². The first-order valence-electron chi connectivity index (χ1n) is 6.48. The summed E-state index contributed by atoms with van der Waals surface area (Å²) in [6.45, 7) is 4.65. The van der Waals surface area contributed by atoms with Gasteiger partial charge in [-0.1, -0.05) is 54.0 Å². The molecule has 1 N–H and O–H groups in total. The van der Waals surface area contributed by atoms with Gasteiger partial charge in [0.2, 0.25) is 0 Å². The second-order valence-corrected chi connectivity index (χ2v) is 7.48. The van der Waals surface area contributed by atoms with E-state index in [0.29, 0.717) is 13.1 Å². The third-order valence-corrected chi connectivity index (χ3v) is 6.09. The Morgan fingerprint density at radius 3 is 2.58 bits per heavy atom. The van der Waals surface area contributed by atoms with Gasteiger partial charge in [-0.2, -0.15) is 17.4 Å². The normalized spacial score (nSPS) is 22.7. The highest BCUT2D eigenvalue weighted by atomic mass is 79.9. The molecule has 0 spiro atoms. The van der Waals surface area contributed by atoms with Crippen LogP contribution in [0.4, 0.5) is 0 Å². The van der Waals surface area contributed by atoms with Crippen LogP contribution in [0.5, 0.6) is 0 Å². The van der Waals surface area contributed by atoms with Gasteiger partial charge in [0.1, 0.15) is 0 Å². The highest BCUT2D eigenvalue weighted by Gasteiger charge is 2.34. The first kappa shape index (κ1) is 15.0. The van der Waals surface area contributed by atoms with Crippen molar-refractivity contribution in [2.75, 3.05) is 13.1 Å². The van der Waals surface area contributed by atoms with Crippen molar-refractivity contribution in [2.45, 2.75) is 31.1 Å².